The van der Waals surface area contributed by atoms with E-state index in [2.05, 4.69) is 23.2 Å². The maximum Gasteiger partial charge on any atom is 0.233 e. The number of amides is 2. The summed E-state index contributed by atoms with van der Waals surface area (Å²) in [4.78, 5) is 25.5. The molecule has 26 heavy (non-hydrogen) atoms. The molecule has 0 radical (unpaired) electrons. The lowest BCUT2D eigenvalue weighted by Crippen LogP contribution is -2.42. The average molecular weight is 373 g/mol. The van der Waals surface area contributed by atoms with Gasteiger partial charge < -0.3 is 10.6 Å². The minimum Gasteiger partial charge on any atom is -0.369 e. The van der Waals surface area contributed by atoms with Crippen LogP contribution in [0.3, 0.4) is 0 Å². The molecule has 1 aliphatic heterocycles. The molecule has 2 N–H and O–H groups in total. The lowest BCUT2D eigenvalue weighted by molar-refractivity contribution is -0.132. The molecule has 0 aliphatic carbocycles. The summed E-state index contributed by atoms with van der Waals surface area (Å²) in [5, 5.41) is 8.84. The number of piperidine rings is 1. The molecule has 0 saturated carbocycles. The van der Waals surface area contributed by atoms with Crippen LogP contribution in [0.1, 0.15) is 24.0 Å². The zero-order valence-electron chi connectivity index (χ0n) is 15.0. The summed E-state index contributed by atoms with van der Waals surface area (Å²) in [6.07, 6.45) is 2.96. The van der Waals surface area contributed by atoms with Gasteiger partial charge in [0, 0.05) is 19.0 Å². The van der Waals surface area contributed by atoms with Crippen LogP contribution in [0.5, 0.6) is 0 Å². The van der Waals surface area contributed by atoms with Crippen LogP contribution in [0.4, 0.5) is 0 Å². The number of aromatic nitrogens is 3. The van der Waals surface area contributed by atoms with Gasteiger partial charge in [-0.3, -0.25) is 14.2 Å². The fourth-order valence-corrected chi connectivity index (χ4v) is 4.02. The van der Waals surface area contributed by atoms with Crippen molar-refractivity contribution >= 4 is 23.6 Å². The Morgan fingerprint density at radius 3 is 2.65 bits per heavy atom. The van der Waals surface area contributed by atoms with Crippen molar-refractivity contribution in [3.8, 4) is 5.69 Å². The molecule has 2 amide bonds. The molecule has 8 heteroatoms. The smallest absolute Gasteiger partial charge is 0.233 e. The molecule has 0 atom stereocenters. The van der Waals surface area contributed by atoms with Crippen molar-refractivity contribution in [1.29, 1.82) is 0 Å². The van der Waals surface area contributed by atoms with Crippen molar-refractivity contribution in [3.63, 3.8) is 0 Å². The first kappa shape index (κ1) is 18.4. The standard InChI is InChI=1S/C18H23N5O2S/c1-12-3-4-15(13(2)9-12)23-11-20-21-18(23)26-10-16(24)22-7-5-14(6-8-22)17(19)25/h3-4,9,11,14H,5-8,10H2,1-2H3,(H2,19,25). The van der Waals surface area contributed by atoms with E-state index in [1.54, 1.807) is 11.2 Å². The Labute approximate surface area is 157 Å². The van der Waals surface area contributed by atoms with Gasteiger partial charge in [-0.05, 0) is 38.3 Å². The van der Waals surface area contributed by atoms with Crippen LogP contribution in [0.2, 0.25) is 0 Å². The number of rotatable bonds is 5. The van der Waals surface area contributed by atoms with E-state index in [4.69, 9.17) is 5.73 Å². The Hall–Kier alpha value is -2.35. The molecule has 0 bridgehead atoms. The first-order valence-electron chi connectivity index (χ1n) is 8.63. The molecule has 2 aromatic rings. The van der Waals surface area contributed by atoms with Gasteiger partial charge in [-0.1, -0.05) is 29.5 Å². The highest BCUT2D eigenvalue weighted by molar-refractivity contribution is 7.99. The number of carbonyl (C=O) groups is 2. The summed E-state index contributed by atoms with van der Waals surface area (Å²) in [7, 11) is 0. The van der Waals surface area contributed by atoms with E-state index in [1.807, 2.05) is 23.6 Å². The predicted octanol–water partition coefficient (Wildman–Crippen LogP) is 1.70. The van der Waals surface area contributed by atoms with Crippen LogP contribution in [0.25, 0.3) is 5.69 Å². The Kier molecular flexibility index (Phi) is 5.61. The Bertz CT molecular complexity index is 812. The number of carbonyl (C=O) groups excluding carboxylic acids is 2. The fourth-order valence-electron chi connectivity index (χ4n) is 3.19. The number of primary amides is 1. The Morgan fingerprint density at radius 2 is 2.00 bits per heavy atom. The first-order chi connectivity index (χ1) is 12.5. The van der Waals surface area contributed by atoms with Crippen molar-refractivity contribution in [1.82, 2.24) is 19.7 Å². The highest BCUT2D eigenvalue weighted by Crippen LogP contribution is 2.24. The number of hydrogen-bond donors (Lipinski definition) is 1. The molecule has 1 saturated heterocycles. The lowest BCUT2D eigenvalue weighted by Gasteiger charge is -2.30. The molecule has 1 aliphatic rings. The van der Waals surface area contributed by atoms with E-state index < -0.39 is 0 Å². The quantitative estimate of drug-likeness (QED) is 0.805. The largest absolute Gasteiger partial charge is 0.369 e. The summed E-state index contributed by atoms with van der Waals surface area (Å²) in [5.74, 6) is -0.0364. The van der Waals surface area contributed by atoms with Gasteiger partial charge >= 0.3 is 0 Å². The summed E-state index contributed by atoms with van der Waals surface area (Å²) in [6.45, 7) is 5.26. The van der Waals surface area contributed by atoms with E-state index in [0.29, 0.717) is 36.8 Å². The number of likely N-dealkylation sites (tertiary alicyclic amines) is 1. The van der Waals surface area contributed by atoms with E-state index in [9.17, 15) is 9.59 Å². The second kappa shape index (κ2) is 7.90. The molecule has 1 fully saturated rings. The van der Waals surface area contributed by atoms with Gasteiger partial charge in [-0.15, -0.1) is 10.2 Å². The number of thioether (sulfide) groups is 1. The third kappa shape index (κ3) is 4.07. The van der Waals surface area contributed by atoms with Crippen molar-refractivity contribution in [3.05, 3.63) is 35.7 Å². The van der Waals surface area contributed by atoms with Gasteiger partial charge in [0.2, 0.25) is 11.8 Å². The molecule has 3 rings (SSSR count). The van der Waals surface area contributed by atoms with Gasteiger partial charge in [0.25, 0.3) is 0 Å². The minimum atomic E-state index is -0.270. The van der Waals surface area contributed by atoms with Gasteiger partial charge in [-0.2, -0.15) is 0 Å². The summed E-state index contributed by atoms with van der Waals surface area (Å²) >= 11 is 1.38. The zero-order valence-corrected chi connectivity index (χ0v) is 15.8. The van der Waals surface area contributed by atoms with Crippen LogP contribution >= 0.6 is 11.8 Å². The van der Waals surface area contributed by atoms with Crippen LogP contribution in [0, 0.1) is 19.8 Å². The summed E-state index contributed by atoms with van der Waals surface area (Å²) in [5.41, 5.74) is 8.68. The maximum atomic E-state index is 12.5. The Balaban J connectivity index is 1.62. The third-order valence-corrected chi connectivity index (χ3v) is 5.63. The van der Waals surface area contributed by atoms with Gasteiger partial charge in [0.05, 0.1) is 11.4 Å². The number of aryl methyl sites for hydroxylation is 2. The summed E-state index contributed by atoms with van der Waals surface area (Å²) in [6, 6.07) is 6.19. The van der Waals surface area contributed by atoms with E-state index >= 15 is 0 Å². The average Bonchev–Trinajstić information content (AvgIpc) is 3.08. The van der Waals surface area contributed by atoms with E-state index in [-0.39, 0.29) is 17.7 Å². The van der Waals surface area contributed by atoms with Crippen molar-refractivity contribution in [2.24, 2.45) is 11.7 Å². The number of nitrogens with two attached hydrogens (primary N) is 1. The van der Waals surface area contributed by atoms with Crippen molar-refractivity contribution < 1.29 is 9.59 Å². The van der Waals surface area contributed by atoms with Crippen molar-refractivity contribution in [2.75, 3.05) is 18.8 Å². The minimum absolute atomic E-state index is 0.0492. The monoisotopic (exact) mass is 373 g/mol. The normalized spacial score (nSPS) is 15.2. The van der Waals surface area contributed by atoms with E-state index in [0.717, 1.165) is 11.3 Å². The highest BCUT2D eigenvalue weighted by Gasteiger charge is 2.26. The SMILES string of the molecule is Cc1ccc(-n2cnnc2SCC(=O)N2CCC(C(N)=O)CC2)c(C)c1. The predicted molar refractivity (Wildman–Crippen MR) is 100 cm³/mol. The van der Waals surface area contributed by atoms with Crippen LogP contribution < -0.4 is 5.73 Å². The number of hydrogen-bond acceptors (Lipinski definition) is 5. The lowest BCUT2D eigenvalue weighted by atomic mass is 9.96. The number of nitrogens with zero attached hydrogens (tertiary/aromatic N) is 4. The second-order valence-electron chi connectivity index (χ2n) is 6.62. The topological polar surface area (TPSA) is 94.1 Å². The molecule has 7 nitrogen and oxygen atoms in total. The van der Waals surface area contributed by atoms with Crippen molar-refractivity contribution in [2.45, 2.75) is 31.8 Å². The van der Waals surface area contributed by atoms with Gasteiger partial charge in [0.15, 0.2) is 5.16 Å². The maximum absolute atomic E-state index is 12.5. The molecule has 2 heterocycles. The molecule has 1 aromatic carbocycles. The molecule has 0 spiro atoms. The van der Waals surface area contributed by atoms with E-state index in [1.165, 1.54) is 17.3 Å². The Morgan fingerprint density at radius 1 is 1.27 bits per heavy atom. The second-order valence-corrected chi connectivity index (χ2v) is 7.56. The molecule has 1 aromatic heterocycles. The highest BCUT2D eigenvalue weighted by atomic mass is 32.2. The summed E-state index contributed by atoms with van der Waals surface area (Å²) < 4.78 is 1.91. The molecule has 138 valence electrons. The van der Waals surface area contributed by atoms with Crippen LogP contribution in [0.15, 0.2) is 29.7 Å². The van der Waals surface area contributed by atoms with Crippen LogP contribution in [-0.2, 0) is 9.59 Å². The van der Waals surface area contributed by atoms with Gasteiger partial charge in [0.1, 0.15) is 6.33 Å². The third-order valence-electron chi connectivity index (χ3n) is 4.70. The zero-order chi connectivity index (χ0) is 18.7. The van der Waals surface area contributed by atoms with Crippen LogP contribution in [-0.4, -0.2) is 50.3 Å². The molecular formula is C18H23N5O2S. The first-order valence-corrected chi connectivity index (χ1v) is 9.62. The number of benzene rings is 1. The van der Waals surface area contributed by atoms with Gasteiger partial charge in [-0.25, -0.2) is 0 Å². The molecular weight excluding hydrogens is 350 g/mol. The fraction of sp³-hybridized carbons (Fsp3) is 0.444. The molecule has 0 unspecified atom stereocenters.